The number of imidazole rings is 1. The average molecular weight is 247 g/mol. The molecule has 3 unspecified atom stereocenters. The number of fused-ring (bicyclic) bond motifs is 3. The van der Waals surface area contributed by atoms with Crippen LogP contribution in [0.4, 0.5) is 0 Å². The standard InChI is InChI=1S/C13H17N3S/c1-2-10-5-9(1)6-12(10)14-7-11-8-16-3-4-17-13(16)15-11/h3-4,8-10,12,14H,1-2,5-7H2. The first kappa shape index (κ1) is 10.1. The van der Waals surface area contributed by atoms with Crippen molar-refractivity contribution in [1.82, 2.24) is 14.7 Å². The zero-order chi connectivity index (χ0) is 11.2. The summed E-state index contributed by atoms with van der Waals surface area (Å²) >= 11 is 1.70. The third-order valence-corrected chi connectivity index (χ3v) is 5.20. The van der Waals surface area contributed by atoms with Crippen LogP contribution >= 0.6 is 11.3 Å². The molecule has 3 atom stereocenters. The maximum Gasteiger partial charge on any atom is 0.193 e. The molecule has 2 fully saturated rings. The SMILES string of the molecule is c1cn2cc(CNC3CC4CCC3C4)nc2s1. The maximum absolute atomic E-state index is 4.61. The van der Waals surface area contributed by atoms with Crippen molar-refractivity contribution in [2.24, 2.45) is 11.8 Å². The minimum atomic E-state index is 0.758. The monoisotopic (exact) mass is 247 g/mol. The van der Waals surface area contributed by atoms with Crippen LogP contribution in [-0.4, -0.2) is 15.4 Å². The van der Waals surface area contributed by atoms with Crippen LogP contribution in [0.2, 0.25) is 0 Å². The number of rotatable bonds is 3. The van der Waals surface area contributed by atoms with Gasteiger partial charge >= 0.3 is 0 Å². The molecule has 17 heavy (non-hydrogen) atoms. The van der Waals surface area contributed by atoms with E-state index in [1.54, 1.807) is 11.3 Å². The molecular weight excluding hydrogens is 230 g/mol. The molecule has 2 aromatic rings. The summed E-state index contributed by atoms with van der Waals surface area (Å²) in [6.45, 7) is 0.933. The van der Waals surface area contributed by atoms with Gasteiger partial charge in [-0.25, -0.2) is 4.98 Å². The van der Waals surface area contributed by atoms with Crippen molar-refractivity contribution in [3.05, 3.63) is 23.5 Å². The summed E-state index contributed by atoms with van der Waals surface area (Å²) in [5, 5.41) is 5.79. The minimum absolute atomic E-state index is 0.758. The lowest BCUT2D eigenvalue weighted by Gasteiger charge is -2.22. The van der Waals surface area contributed by atoms with Gasteiger partial charge in [0.2, 0.25) is 0 Å². The summed E-state index contributed by atoms with van der Waals surface area (Å²) in [5.41, 5.74) is 1.18. The number of nitrogens with zero attached hydrogens (tertiary/aromatic N) is 2. The van der Waals surface area contributed by atoms with Crippen LogP contribution in [0.5, 0.6) is 0 Å². The summed E-state index contributed by atoms with van der Waals surface area (Å²) in [4.78, 5) is 5.72. The third-order valence-electron chi connectivity index (χ3n) is 4.43. The summed E-state index contributed by atoms with van der Waals surface area (Å²) in [6, 6.07) is 0.758. The van der Waals surface area contributed by atoms with Crippen LogP contribution < -0.4 is 5.32 Å². The first-order valence-electron chi connectivity index (χ1n) is 6.53. The second-order valence-electron chi connectivity index (χ2n) is 5.49. The average Bonchev–Trinajstić information content (AvgIpc) is 3.05. The fraction of sp³-hybridized carbons (Fsp3) is 0.615. The Bertz CT molecular complexity index is 501. The summed E-state index contributed by atoms with van der Waals surface area (Å²) in [5.74, 6) is 1.96. The van der Waals surface area contributed by atoms with Gasteiger partial charge in [-0.1, -0.05) is 6.42 Å². The Hall–Kier alpha value is -0.870. The summed E-state index contributed by atoms with van der Waals surface area (Å²) in [7, 11) is 0. The number of thiazole rings is 1. The van der Waals surface area contributed by atoms with E-state index in [1.807, 2.05) is 0 Å². The summed E-state index contributed by atoms with van der Waals surface area (Å²) < 4.78 is 2.11. The van der Waals surface area contributed by atoms with Gasteiger partial charge in [-0.2, -0.15) is 0 Å². The highest BCUT2D eigenvalue weighted by atomic mass is 32.1. The van der Waals surface area contributed by atoms with Crippen molar-refractivity contribution in [3.8, 4) is 0 Å². The van der Waals surface area contributed by atoms with Crippen molar-refractivity contribution < 1.29 is 0 Å². The molecule has 0 spiro atoms. The van der Waals surface area contributed by atoms with Crippen molar-refractivity contribution in [1.29, 1.82) is 0 Å². The van der Waals surface area contributed by atoms with E-state index >= 15 is 0 Å². The highest BCUT2D eigenvalue weighted by molar-refractivity contribution is 7.15. The van der Waals surface area contributed by atoms with Crippen molar-refractivity contribution >= 4 is 16.3 Å². The van der Waals surface area contributed by atoms with E-state index in [0.717, 1.165) is 29.4 Å². The van der Waals surface area contributed by atoms with E-state index < -0.39 is 0 Å². The van der Waals surface area contributed by atoms with Crippen molar-refractivity contribution in [2.45, 2.75) is 38.3 Å². The fourth-order valence-corrected chi connectivity index (χ4v) is 4.31. The van der Waals surface area contributed by atoms with Crippen molar-refractivity contribution in [2.75, 3.05) is 0 Å². The lowest BCUT2D eigenvalue weighted by molar-refractivity contribution is 0.349. The van der Waals surface area contributed by atoms with E-state index in [-0.39, 0.29) is 0 Å². The molecule has 2 aliphatic rings. The van der Waals surface area contributed by atoms with E-state index in [1.165, 1.54) is 31.4 Å². The number of aromatic nitrogens is 2. The molecule has 0 aliphatic heterocycles. The number of hydrogen-bond donors (Lipinski definition) is 1. The van der Waals surface area contributed by atoms with Crippen LogP contribution in [0.25, 0.3) is 4.96 Å². The van der Waals surface area contributed by atoms with Gasteiger partial charge in [0, 0.05) is 30.4 Å². The molecule has 0 radical (unpaired) electrons. The first-order chi connectivity index (χ1) is 8.38. The second-order valence-corrected chi connectivity index (χ2v) is 6.36. The van der Waals surface area contributed by atoms with Crippen LogP contribution in [0.3, 0.4) is 0 Å². The largest absolute Gasteiger partial charge is 0.308 e. The highest BCUT2D eigenvalue weighted by Gasteiger charge is 2.38. The van der Waals surface area contributed by atoms with Gasteiger partial charge in [-0.15, -0.1) is 11.3 Å². The molecule has 0 saturated heterocycles. The molecule has 4 heteroatoms. The Kier molecular flexibility index (Phi) is 2.27. The van der Waals surface area contributed by atoms with E-state index in [4.69, 9.17) is 0 Å². The molecule has 0 aromatic carbocycles. The smallest absolute Gasteiger partial charge is 0.193 e. The zero-order valence-electron chi connectivity index (χ0n) is 9.80. The molecule has 2 saturated carbocycles. The Balaban J connectivity index is 1.43. The Morgan fingerprint density at radius 2 is 2.41 bits per heavy atom. The van der Waals surface area contributed by atoms with Crippen molar-refractivity contribution in [3.63, 3.8) is 0 Å². The van der Waals surface area contributed by atoms with E-state index in [9.17, 15) is 0 Å². The quantitative estimate of drug-likeness (QED) is 0.903. The molecular formula is C13H17N3S. The van der Waals surface area contributed by atoms with Gasteiger partial charge in [0.15, 0.2) is 4.96 Å². The minimum Gasteiger partial charge on any atom is -0.308 e. The highest BCUT2D eigenvalue weighted by Crippen LogP contribution is 2.44. The summed E-state index contributed by atoms with van der Waals surface area (Å²) in [6.07, 6.45) is 10.0. The molecule has 0 amide bonds. The number of nitrogens with one attached hydrogen (secondary N) is 1. The van der Waals surface area contributed by atoms with Crippen LogP contribution in [0.15, 0.2) is 17.8 Å². The Morgan fingerprint density at radius 1 is 1.41 bits per heavy atom. The van der Waals surface area contributed by atoms with Gasteiger partial charge in [-0.3, -0.25) is 4.40 Å². The van der Waals surface area contributed by atoms with Gasteiger partial charge in [0.25, 0.3) is 0 Å². The predicted octanol–water partition coefficient (Wildman–Crippen LogP) is 2.67. The van der Waals surface area contributed by atoms with Gasteiger partial charge in [0.1, 0.15) is 0 Å². The van der Waals surface area contributed by atoms with Gasteiger partial charge < -0.3 is 5.32 Å². The molecule has 4 rings (SSSR count). The predicted molar refractivity (Wildman–Crippen MR) is 69.1 cm³/mol. The van der Waals surface area contributed by atoms with Gasteiger partial charge in [-0.05, 0) is 31.1 Å². The molecule has 3 nitrogen and oxygen atoms in total. The molecule has 1 N–H and O–H groups in total. The lowest BCUT2D eigenvalue weighted by Crippen LogP contribution is -2.33. The molecule has 2 bridgehead atoms. The normalized spacial score (nSPS) is 31.6. The number of hydrogen-bond acceptors (Lipinski definition) is 3. The maximum atomic E-state index is 4.61. The van der Waals surface area contributed by atoms with E-state index in [0.29, 0.717) is 0 Å². The fourth-order valence-electron chi connectivity index (χ4n) is 3.59. The van der Waals surface area contributed by atoms with Crippen LogP contribution in [0.1, 0.15) is 31.4 Å². The van der Waals surface area contributed by atoms with Crippen LogP contribution in [-0.2, 0) is 6.54 Å². The first-order valence-corrected chi connectivity index (χ1v) is 7.41. The lowest BCUT2D eigenvalue weighted by atomic mass is 9.95. The second kappa shape index (κ2) is 3.82. The Labute approximate surface area is 105 Å². The zero-order valence-corrected chi connectivity index (χ0v) is 10.6. The topological polar surface area (TPSA) is 29.3 Å². The molecule has 2 aliphatic carbocycles. The molecule has 90 valence electrons. The molecule has 2 aromatic heterocycles. The van der Waals surface area contributed by atoms with Gasteiger partial charge in [0.05, 0.1) is 5.69 Å². The van der Waals surface area contributed by atoms with Crippen LogP contribution in [0, 0.1) is 11.8 Å². The molecule has 2 heterocycles. The Morgan fingerprint density at radius 3 is 3.18 bits per heavy atom. The third kappa shape index (κ3) is 1.70. The van der Waals surface area contributed by atoms with E-state index in [2.05, 4.69) is 32.5 Å².